The summed E-state index contributed by atoms with van der Waals surface area (Å²) in [6.45, 7) is 1.28. The minimum Gasteiger partial charge on any atom is -0.306 e. The average molecular weight is 794 g/mol. The van der Waals surface area contributed by atoms with Gasteiger partial charge in [-0.2, -0.15) is 8.42 Å². The molecule has 0 aliphatic carbocycles. The monoisotopic (exact) mass is 794 g/mol. The van der Waals surface area contributed by atoms with E-state index >= 15 is 0 Å². The Bertz CT molecular complexity index is 1150. The molecule has 0 aliphatic rings. The summed E-state index contributed by atoms with van der Waals surface area (Å²) in [5, 5.41) is 120. The van der Waals surface area contributed by atoms with E-state index in [0.29, 0.717) is 12.3 Å². The standard InChI is InChI=1S/C8H10O39S2/c1-5-3-7(48(2,10)11)8(49(12,13)14)4-6(5)15-17-19-21-23-25-27-29-31-33-35-37-39-41-43-45-47-46-44-42-40-38-36-34-32-30-28-26-24-22-20-18-16-9/h3-4,9H,1-2H3,(H,12,13,14). The van der Waals surface area contributed by atoms with Crippen LogP contribution in [0.1, 0.15) is 5.56 Å². The maximum atomic E-state index is 11.7. The summed E-state index contributed by atoms with van der Waals surface area (Å²) in [5.74, 6) is -0.452. The molecule has 1 aromatic rings. The third kappa shape index (κ3) is 24.4. The molecule has 0 radical (unpaired) electrons. The first-order valence-electron chi connectivity index (χ1n) is 9.54. The lowest BCUT2D eigenvalue weighted by Gasteiger charge is -2.10. The molecule has 0 unspecified atom stereocenters. The second-order valence-electron chi connectivity index (χ2n) is 5.58. The lowest BCUT2D eigenvalue weighted by molar-refractivity contribution is -0.906. The molecule has 0 heterocycles. The number of hydrogen-bond acceptors (Lipinski definition) is 38. The van der Waals surface area contributed by atoms with Gasteiger partial charge in [0.1, 0.15) is 4.90 Å². The van der Waals surface area contributed by atoms with Gasteiger partial charge >= 0.3 is 0 Å². The molecule has 41 heteroatoms. The molecule has 0 spiro atoms. The maximum absolute atomic E-state index is 11.7. The van der Waals surface area contributed by atoms with Gasteiger partial charge in [0.15, 0.2) is 15.6 Å². The van der Waals surface area contributed by atoms with Gasteiger partial charge < -0.3 is 4.89 Å². The van der Waals surface area contributed by atoms with Crippen molar-refractivity contribution in [1.29, 1.82) is 0 Å². The zero-order valence-electron chi connectivity index (χ0n) is 22.0. The van der Waals surface area contributed by atoms with Gasteiger partial charge in [-0.1, -0.05) is 0 Å². The van der Waals surface area contributed by atoms with Crippen LogP contribution in [-0.2, 0) is 181 Å². The number of sulfone groups is 1. The van der Waals surface area contributed by atoms with Gasteiger partial charge in [0.2, 0.25) is 0 Å². The molecular weight excluding hydrogens is 784 g/mol. The largest absolute Gasteiger partial charge is 0.306 e. The highest BCUT2D eigenvalue weighted by atomic mass is 32.2. The molecule has 0 bridgehead atoms. The summed E-state index contributed by atoms with van der Waals surface area (Å²) in [4.78, 5) is 2.75. The molecule has 0 atom stereocenters. The van der Waals surface area contributed by atoms with E-state index in [1.807, 2.05) is 0 Å². The summed E-state index contributed by atoms with van der Waals surface area (Å²) in [6, 6.07) is 1.46. The zero-order valence-corrected chi connectivity index (χ0v) is 23.6. The summed E-state index contributed by atoms with van der Waals surface area (Å²) in [7, 11) is -9.07. The lowest BCUT2D eigenvalue weighted by atomic mass is 10.2. The highest BCUT2D eigenvalue weighted by molar-refractivity contribution is 7.92. The van der Waals surface area contributed by atoms with E-state index in [9.17, 15) is 21.4 Å². The third-order valence-corrected chi connectivity index (χ3v) is 5.07. The molecule has 0 saturated heterocycles. The van der Waals surface area contributed by atoms with Crippen molar-refractivity contribution in [1.82, 2.24) is 0 Å². The van der Waals surface area contributed by atoms with Crippen LogP contribution in [0.25, 0.3) is 0 Å². The Morgan fingerprint density at radius 3 is 0.939 bits per heavy atom. The average Bonchev–Trinajstić information content (AvgIpc) is 3.04. The highest BCUT2D eigenvalue weighted by Gasteiger charge is 2.25. The van der Waals surface area contributed by atoms with Gasteiger partial charge in [-0.05, 0) is 58.9 Å². The summed E-state index contributed by atoms with van der Waals surface area (Å²) in [6.07, 6.45) is 0.700. The third-order valence-electron chi connectivity index (χ3n) is 2.91. The Morgan fingerprint density at radius 2 is 0.694 bits per heavy atom. The Hall–Kier alpha value is -2.44. The van der Waals surface area contributed by atoms with Crippen LogP contribution in [0.4, 0.5) is 0 Å². The van der Waals surface area contributed by atoms with Crippen LogP contribution in [0, 0.1) is 6.92 Å². The second-order valence-corrected chi connectivity index (χ2v) is 8.95. The van der Waals surface area contributed by atoms with Gasteiger partial charge in [0.05, 0.1) is 4.90 Å². The fraction of sp³-hybridized carbons (Fsp3) is 0.250. The molecule has 0 amide bonds. The number of benzene rings is 1. The fourth-order valence-electron chi connectivity index (χ4n) is 1.62. The number of rotatable bonds is 35. The smallest absolute Gasteiger partial charge is 0.295 e. The number of hydrogen-bond donors (Lipinski definition) is 2. The molecule has 39 nitrogen and oxygen atoms in total. The fourth-order valence-corrected chi connectivity index (χ4v) is 3.77. The summed E-state index contributed by atoms with van der Waals surface area (Å²) in [5.41, 5.74) is 0.00742. The van der Waals surface area contributed by atoms with Crippen LogP contribution in [0.2, 0.25) is 0 Å². The second kappa shape index (κ2) is 28.3. The first-order valence-corrected chi connectivity index (χ1v) is 12.9. The molecule has 49 heavy (non-hydrogen) atoms. The van der Waals surface area contributed by atoms with Crippen molar-refractivity contribution in [3.8, 4) is 5.75 Å². The van der Waals surface area contributed by atoms with E-state index in [-0.39, 0.29) is 5.56 Å². The van der Waals surface area contributed by atoms with E-state index in [2.05, 4.69) is 166 Å². The summed E-state index contributed by atoms with van der Waals surface area (Å²) < 4.78 is 55.6. The van der Waals surface area contributed by atoms with Crippen molar-refractivity contribution in [2.45, 2.75) is 16.7 Å². The molecule has 0 aromatic heterocycles. The maximum Gasteiger partial charge on any atom is 0.295 e. The molecular formula is C8H10O39S2. The molecule has 1 rings (SSSR count). The Labute approximate surface area is 260 Å². The van der Waals surface area contributed by atoms with Gasteiger partial charge in [-0.15, -0.1) is 0 Å². The van der Waals surface area contributed by atoms with E-state index in [4.69, 9.17) is 5.26 Å². The topological polar surface area (TPSA) is 413 Å². The van der Waals surface area contributed by atoms with Crippen LogP contribution >= 0.6 is 0 Å². The Balaban J connectivity index is 1.83. The SMILES string of the molecule is Cc1cc(S(C)(=O)=O)c(S(=O)(=O)O)cc1OOOOOOOOOOOOOOOOOOOOOOOOOOOOOOOOOO. The van der Waals surface area contributed by atoms with E-state index in [0.717, 1.165) is 6.07 Å². The van der Waals surface area contributed by atoms with E-state index in [1.54, 1.807) is 0 Å². The van der Waals surface area contributed by atoms with Crippen molar-refractivity contribution in [2.24, 2.45) is 0 Å². The van der Waals surface area contributed by atoms with E-state index in [1.165, 1.54) is 6.92 Å². The van der Waals surface area contributed by atoms with Crippen molar-refractivity contribution < 1.29 is 193 Å². The predicted molar refractivity (Wildman–Crippen MR) is 92.1 cm³/mol. The first kappa shape index (κ1) is 44.6. The van der Waals surface area contributed by atoms with Crippen molar-refractivity contribution in [2.75, 3.05) is 6.26 Å². The van der Waals surface area contributed by atoms with Gasteiger partial charge in [-0.3, -0.25) is 4.55 Å². The molecule has 0 saturated carbocycles. The molecule has 288 valence electrons. The molecule has 0 fully saturated rings. The zero-order chi connectivity index (χ0) is 36.1. The van der Waals surface area contributed by atoms with E-state index < -0.39 is 35.5 Å². The molecule has 1 aromatic carbocycles. The quantitative estimate of drug-likeness (QED) is 0.0335. The van der Waals surface area contributed by atoms with Crippen molar-refractivity contribution >= 4 is 20.0 Å². The van der Waals surface area contributed by atoms with Crippen molar-refractivity contribution in [3.05, 3.63) is 17.7 Å². The lowest BCUT2D eigenvalue weighted by Crippen LogP contribution is -2.10. The van der Waals surface area contributed by atoms with Crippen LogP contribution < -0.4 is 4.89 Å². The number of aryl methyl sites for hydroxylation is 1. The first-order chi connectivity index (χ1) is 23.6. The minimum atomic E-state index is -5.00. The Morgan fingerprint density at radius 1 is 0.429 bits per heavy atom. The van der Waals surface area contributed by atoms with Crippen molar-refractivity contribution in [3.63, 3.8) is 0 Å². The normalized spacial score (nSPS) is 12.2. The van der Waals surface area contributed by atoms with Crippen LogP contribution in [0.15, 0.2) is 21.9 Å². The van der Waals surface area contributed by atoms with Crippen LogP contribution in [0.3, 0.4) is 0 Å². The predicted octanol–water partition coefficient (Wildman–Crippen LogP) is -1.69. The minimum absolute atomic E-state index is 0.00742. The highest BCUT2D eigenvalue weighted by Crippen LogP contribution is 2.29. The van der Waals surface area contributed by atoms with Crippen LogP contribution in [-0.4, -0.2) is 32.9 Å². The summed E-state index contributed by atoms with van der Waals surface area (Å²) >= 11 is 0. The van der Waals surface area contributed by atoms with Gasteiger partial charge in [-0.25, -0.2) is 13.7 Å². The molecule has 0 aliphatic heterocycles. The van der Waals surface area contributed by atoms with Crippen LogP contribution in [0.5, 0.6) is 5.75 Å². The molecule has 2 N–H and O–H groups in total. The van der Waals surface area contributed by atoms with Gasteiger partial charge in [0.25, 0.3) is 10.1 Å². The van der Waals surface area contributed by atoms with Gasteiger partial charge in [0, 0.05) is 133 Å². The Kier molecular flexibility index (Phi) is 25.7.